The van der Waals surface area contributed by atoms with Crippen molar-refractivity contribution < 1.29 is 18.0 Å². The first-order chi connectivity index (χ1) is 9.29. The average Bonchev–Trinajstić information content (AvgIpc) is 2.58. The van der Waals surface area contributed by atoms with E-state index < -0.39 is 17.8 Å². The molecule has 0 bridgehead atoms. The number of hydrogen-bond donors (Lipinski definition) is 0. The molecule has 1 aliphatic rings. The van der Waals surface area contributed by atoms with Gasteiger partial charge in [0, 0.05) is 25.5 Å². The summed E-state index contributed by atoms with van der Waals surface area (Å²) in [5, 5.41) is 4.02. The lowest BCUT2D eigenvalue weighted by Crippen LogP contribution is -2.28. The SMILES string of the molecule is Cc1cc(C(=O)N2C=CC(C(F)(F)F)=NCC2)nn1C. The first kappa shape index (κ1) is 14.3. The molecule has 0 spiro atoms. The number of aryl methyl sites for hydroxylation is 2. The zero-order chi connectivity index (χ0) is 14.9. The molecule has 1 aromatic rings. The summed E-state index contributed by atoms with van der Waals surface area (Å²) in [4.78, 5) is 16.8. The summed E-state index contributed by atoms with van der Waals surface area (Å²) in [6, 6.07) is 1.59. The molecule has 0 N–H and O–H groups in total. The van der Waals surface area contributed by atoms with Gasteiger partial charge in [-0.3, -0.25) is 14.5 Å². The van der Waals surface area contributed by atoms with Crippen LogP contribution in [0.3, 0.4) is 0 Å². The van der Waals surface area contributed by atoms with Gasteiger partial charge >= 0.3 is 6.18 Å². The quantitative estimate of drug-likeness (QED) is 0.789. The van der Waals surface area contributed by atoms with Gasteiger partial charge in [-0.1, -0.05) is 0 Å². The molecule has 1 amide bonds. The van der Waals surface area contributed by atoms with E-state index in [0.717, 1.165) is 18.0 Å². The van der Waals surface area contributed by atoms with Crippen LogP contribution in [-0.4, -0.2) is 45.6 Å². The molecule has 2 rings (SSSR count). The van der Waals surface area contributed by atoms with Gasteiger partial charge in [0.2, 0.25) is 0 Å². The highest BCUT2D eigenvalue weighted by Crippen LogP contribution is 2.20. The Morgan fingerprint density at radius 1 is 1.40 bits per heavy atom. The van der Waals surface area contributed by atoms with Crippen LogP contribution in [0.25, 0.3) is 0 Å². The van der Waals surface area contributed by atoms with E-state index in [-0.39, 0.29) is 18.8 Å². The molecule has 0 radical (unpaired) electrons. The molecule has 1 aliphatic heterocycles. The minimum absolute atomic E-state index is 0.0878. The van der Waals surface area contributed by atoms with E-state index in [9.17, 15) is 18.0 Å². The molecule has 8 heteroatoms. The Bertz CT molecular complexity index is 567. The molecule has 1 aromatic heterocycles. The van der Waals surface area contributed by atoms with Gasteiger partial charge in [-0.05, 0) is 19.1 Å². The van der Waals surface area contributed by atoms with Crippen LogP contribution in [0.15, 0.2) is 23.3 Å². The average molecular weight is 286 g/mol. The number of rotatable bonds is 1. The van der Waals surface area contributed by atoms with Gasteiger partial charge in [-0.15, -0.1) is 0 Å². The first-order valence-electron chi connectivity index (χ1n) is 5.90. The van der Waals surface area contributed by atoms with E-state index in [0.29, 0.717) is 0 Å². The Kier molecular flexibility index (Phi) is 3.65. The van der Waals surface area contributed by atoms with Gasteiger partial charge in [0.15, 0.2) is 5.69 Å². The van der Waals surface area contributed by atoms with Crippen LogP contribution < -0.4 is 0 Å². The zero-order valence-electron chi connectivity index (χ0n) is 11.0. The molecular weight excluding hydrogens is 273 g/mol. The van der Waals surface area contributed by atoms with Crippen LogP contribution in [0.2, 0.25) is 0 Å². The van der Waals surface area contributed by atoms with Crippen molar-refractivity contribution in [1.82, 2.24) is 14.7 Å². The minimum atomic E-state index is -4.50. The minimum Gasteiger partial charge on any atom is -0.312 e. The largest absolute Gasteiger partial charge is 0.432 e. The maximum absolute atomic E-state index is 12.5. The van der Waals surface area contributed by atoms with Crippen LogP contribution in [-0.2, 0) is 7.05 Å². The molecule has 108 valence electrons. The Morgan fingerprint density at radius 3 is 2.65 bits per heavy atom. The van der Waals surface area contributed by atoms with Gasteiger partial charge in [-0.25, -0.2) is 0 Å². The molecule has 0 fully saturated rings. The molecule has 0 saturated heterocycles. The number of aliphatic imine (C=N–C) groups is 1. The third-order valence-electron chi connectivity index (χ3n) is 2.92. The summed E-state index contributed by atoms with van der Waals surface area (Å²) >= 11 is 0. The molecule has 5 nitrogen and oxygen atoms in total. The van der Waals surface area contributed by atoms with Crippen molar-refractivity contribution in [3.05, 3.63) is 29.7 Å². The summed E-state index contributed by atoms with van der Waals surface area (Å²) in [7, 11) is 1.69. The summed E-state index contributed by atoms with van der Waals surface area (Å²) < 4.78 is 39.1. The number of amides is 1. The number of nitrogens with zero attached hydrogens (tertiary/aromatic N) is 4. The highest BCUT2D eigenvalue weighted by atomic mass is 19.4. The van der Waals surface area contributed by atoms with Crippen LogP contribution in [0.4, 0.5) is 13.2 Å². The van der Waals surface area contributed by atoms with Crippen molar-refractivity contribution >= 4 is 11.6 Å². The summed E-state index contributed by atoms with van der Waals surface area (Å²) in [5.41, 5.74) is 0.00879. The standard InChI is InChI=1S/C12H13F3N4O/c1-8-7-9(17-18(8)2)11(20)19-5-3-10(12(13,14)15)16-4-6-19/h3,5,7H,4,6H2,1-2H3. The number of allylic oxidation sites excluding steroid dienone is 1. The fraction of sp³-hybridized carbons (Fsp3) is 0.417. The van der Waals surface area contributed by atoms with Crippen molar-refractivity contribution in [1.29, 1.82) is 0 Å². The maximum Gasteiger partial charge on any atom is 0.432 e. The summed E-state index contributed by atoms with van der Waals surface area (Å²) in [6.07, 6.45) is -2.59. The smallest absolute Gasteiger partial charge is 0.312 e. The number of hydrogen-bond acceptors (Lipinski definition) is 3. The molecule has 0 aromatic carbocycles. The Labute approximate surface area is 113 Å². The van der Waals surface area contributed by atoms with E-state index in [2.05, 4.69) is 10.1 Å². The lowest BCUT2D eigenvalue weighted by molar-refractivity contribution is -0.0578. The molecule has 0 saturated carbocycles. The van der Waals surface area contributed by atoms with E-state index in [1.807, 2.05) is 0 Å². The number of alkyl halides is 3. The molecule has 0 unspecified atom stereocenters. The normalized spacial score (nSPS) is 16.1. The van der Waals surface area contributed by atoms with Gasteiger partial charge < -0.3 is 4.90 Å². The highest BCUT2D eigenvalue weighted by Gasteiger charge is 2.34. The van der Waals surface area contributed by atoms with Crippen LogP contribution in [0, 0.1) is 6.92 Å². The van der Waals surface area contributed by atoms with E-state index in [4.69, 9.17) is 0 Å². The molecular formula is C12H13F3N4O. The maximum atomic E-state index is 12.5. The van der Waals surface area contributed by atoms with Gasteiger partial charge in [0.05, 0.1) is 6.54 Å². The number of aromatic nitrogens is 2. The van der Waals surface area contributed by atoms with Crippen molar-refractivity contribution in [3.63, 3.8) is 0 Å². The number of halogens is 3. The second-order valence-corrected chi connectivity index (χ2v) is 4.37. The molecule has 20 heavy (non-hydrogen) atoms. The fourth-order valence-electron chi connectivity index (χ4n) is 1.73. The third-order valence-corrected chi connectivity index (χ3v) is 2.92. The Hall–Kier alpha value is -2.12. The third kappa shape index (κ3) is 2.89. The van der Waals surface area contributed by atoms with Crippen molar-refractivity contribution in [2.24, 2.45) is 12.0 Å². The van der Waals surface area contributed by atoms with Crippen LogP contribution >= 0.6 is 0 Å². The predicted octanol–water partition coefficient (Wildman–Crippen LogP) is 1.70. The Balaban J connectivity index is 2.18. The Morgan fingerprint density at radius 2 is 2.10 bits per heavy atom. The van der Waals surface area contributed by atoms with Crippen LogP contribution in [0.1, 0.15) is 16.2 Å². The van der Waals surface area contributed by atoms with Gasteiger partial charge in [0.1, 0.15) is 5.71 Å². The van der Waals surface area contributed by atoms with Gasteiger partial charge in [-0.2, -0.15) is 18.3 Å². The highest BCUT2D eigenvalue weighted by molar-refractivity contribution is 6.00. The van der Waals surface area contributed by atoms with E-state index in [1.165, 1.54) is 9.58 Å². The molecule has 0 atom stereocenters. The lowest BCUT2D eigenvalue weighted by atomic mass is 10.3. The van der Waals surface area contributed by atoms with Crippen molar-refractivity contribution in [3.8, 4) is 0 Å². The van der Waals surface area contributed by atoms with E-state index in [1.54, 1.807) is 20.0 Å². The monoisotopic (exact) mass is 286 g/mol. The van der Waals surface area contributed by atoms with Crippen LogP contribution in [0.5, 0.6) is 0 Å². The van der Waals surface area contributed by atoms with Gasteiger partial charge in [0.25, 0.3) is 5.91 Å². The first-order valence-corrected chi connectivity index (χ1v) is 5.90. The van der Waals surface area contributed by atoms with Crippen molar-refractivity contribution in [2.75, 3.05) is 13.1 Å². The number of carbonyl (C=O) groups excluding carboxylic acids is 1. The number of carbonyl (C=O) groups is 1. The second-order valence-electron chi connectivity index (χ2n) is 4.37. The van der Waals surface area contributed by atoms with E-state index >= 15 is 0 Å². The molecule has 2 heterocycles. The fourth-order valence-corrected chi connectivity index (χ4v) is 1.73. The molecule has 0 aliphatic carbocycles. The predicted molar refractivity (Wildman–Crippen MR) is 66.5 cm³/mol. The van der Waals surface area contributed by atoms with Crippen molar-refractivity contribution in [2.45, 2.75) is 13.1 Å². The summed E-state index contributed by atoms with van der Waals surface area (Å²) in [6.45, 7) is 1.77. The lowest BCUT2D eigenvalue weighted by Gasteiger charge is -2.14. The topological polar surface area (TPSA) is 50.5 Å². The summed E-state index contributed by atoms with van der Waals surface area (Å²) in [5.74, 6) is -0.441. The zero-order valence-corrected chi connectivity index (χ0v) is 11.0. The second kappa shape index (κ2) is 5.10.